The van der Waals surface area contributed by atoms with Crippen LogP contribution in [0.5, 0.6) is 0 Å². The van der Waals surface area contributed by atoms with E-state index in [1.54, 1.807) is 0 Å². The van der Waals surface area contributed by atoms with E-state index >= 15 is 0 Å². The Morgan fingerprint density at radius 3 is 1.69 bits per heavy atom. The molecule has 1 aromatic heterocycles. The molecule has 2 nitrogen and oxygen atoms in total. The Morgan fingerprint density at radius 1 is 0.423 bits per heavy atom. The predicted octanol–water partition coefficient (Wildman–Crippen LogP) is 13.7. The molecule has 1 aliphatic carbocycles. The number of hydrogen-bond donors (Lipinski definition) is 0. The molecular weight excluding hydrogens is 631 g/mol. The van der Waals surface area contributed by atoms with Gasteiger partial charge in [-0.1, -0.05) is 158 Å². The molecule has 52 heavy (non-hydrogen) atoms. The van der Waals surface area contributed by atoms with Gasteiger partial charge in [-0.05, 0) is 93.4 Å². The molecule has 0 unspecified atom stereocenters. The lowest BCUT2D eigenvalue weighted by Crippen LogP contribution is -2.22. The van der Waals surface area contributed by atoms with Gasteiger partial charge in [-0.2, -0.15) is 0 Å². The van der Waals surface area contributed by atoms with Crippen molar-refractivity contribution in [1.29, 1.82) is 0 Å². The fourth-order valence-electron chi connectivity index (χ4n) is 8.35. The molecule has 0 fully saturated rings. The van der Waals surface area contributed by atoms with E-state index in [9.17, 15) is 0 Å². The molecule has 1 aliphatic rings. The maximum Gasteiger partial charge on any atom is 0.159 e. The van der Waals surface area contributed by atoms with Crippen molar-refractivity contribution in [3.05, 3.63) is 211 Å². The molecule has 1 heterocycles. The topological polar surface area (TPSA) is 16.4 Å². The molecule has 0 spiro atoms. The van der Waals surface area contributed by atoms with E-state index in [2.05, 4.69) is 206 Å². The van der Waals surface area contributed by atoms with Gasteiger partial charge in [0.05, 0.1) is 5.69 Å². The van der Waals surface area contributed by atoms with Crippen molar-refractivity contribution in [1.82, 2.24) is 0 Å². The maximum atomic E-state index is 6.99. The number of nitrogens with zero attached hydrogens (tertiary/aromatic N) is 1. The van der Waals surface area contributed by atoms with Gasteiger partial charge in [0.1, 0.15) is 5.58 Å². The van der Waals surface area contributed by atoms with Crippen LogP contribution in [-0.2, 0) is 5.41 Å². The Balaban J connectivity index is 1.15. The zero-order valence-corrected chi connectivity index (χ0v) is 28.8. The van der Waals surface area contributed by atoms with E-state index in [1.807, 2.05) is 0 Å². The molecule has 2 heteroatoms. The summed E-state index contributed by atoms with van der Waals surface area (Å²) in [4.78, 5) is 2.33. The van der Waals surface area contributed by atoms with E-state index in [4.69, 9.17) is 4.42 Å². The third kappa shape index (κ3) is 4.72. The highest BCUT2D eigenvalue weighted by atomic mass is 16.3. The van der Waals surface area contributed by atoms with Gasteiger partial charge in [0, 0.05) is 27.6 Å². The number of furan rings is 1. The Hall–Kier alpha value is -6.64. The van der Waals surface area contributed by atoms with Crippen molar-refractivity contribution in [2.75, 3.05) is 4.90 Å². The summed E-state index contributed by atoms with van der Waals surface area (Å²) in [5, 5.41) is 2.21. The fraction of sp³-hybridized carbons (Fsp3) is 0.0400. The minimum atomic E-state index is -0.298. The van der Waals surface area contributed by atoms with Gasteiger partial charge in [-0.25, -0.2) is 0 Å². The van der Waals surface area contributed by atoms with E-state index in [1.165, 1.54) is 44.5 Å². The van der Waals surface area contributed by atoms with Gasteiger partial charge in [0.15, 0.2) is 5.58 Å². The first-order valence-electron chi connectivity index (χ1n) is 17.9. The van der Waals surface area contributed by atoms with Crippen LogP contribution >= 0.6 is 0 Å². The molecule has 10 rings (SSSR count). The fourth-order valence-corrected chi connectivity index (χ4v) is 8.35. The second-order valence-corrected chi connectivity index (χ2v) is 13.8. The van der Waals surface area contributed by atoms with Crippen molar-refractivity contribution >= 4 is 39.0 Å². The Bertz CT molecular complexity index is 2700. The number of para-hydroxylation sites is 1. The van der Waals surface area contributed by atoms with Gasteiger partial charge in [0.2, 0.25) is 0 Å². The third-order valence-corrected chi connectivity index (χ3v) is 11.0. The van der Waals surface area contributed by atoms with Crippen LogP contribution in [0.15, 0.2) is 199 Å². The molecule has 0 aliphatic heterocycles. The number of benzene rings is 8. The summed E-state index contributed by atoms with van der Waals surface area (Å²) in [7, 11) is 0. The Morgan fingerprint density at radius 2 is 1.00 bits per heavy atom. The van der Waals surface area contributed by atoms with E-state index < -0.39 is 0 Å². The first-order valence-corrected chi connectivity index (χ1v) is 17.9. The van der Waals surface area contributed by atoms with Gasteiger partial charge in [0.25, 0.3) is 0 Å². The highest BCUT2D eigenvalue weighted by Crippen LogP contribution is 2.53. The predicted molar refractivity (Wildman–Crippen MR) is 217 cm³/mol. The highest BCUT2D eigenvalue weighted by molar-refractivity contribution is 6.10. The molecule has 0 saturated carbocycles. The molecule has 0 N–H and O–H groups in total. The summed E-state index contributed by atoms with van der Waals surface area (Å²) in [5.41, 5.74) is 15.8. The van der Waals surface area contributed by atoms with Crippen LogP contribution in [0.1, 0.15) is 23.6 Å². The molecule has 0 radical (unpaired) electrons. The van der Waals surface area contributed by atoms with Crippen LogP contribution in [-0.4, -0.2) is 0 Å². The second kappa shape index (κ2) is 12.0. The van der Waals surface area contributed by atoms with Gasteiger partial charge >= 0.3 is 0 Å². The molecule has 0 atom stereocenters. The lowest BCUT2D eigenvalue weighted by atomic mass is 9.74. The largest absolute Gasteiger partial charge is 0.454 e. The van der Waals surface area contributed by atoms with Crippen molar-refractivity contribution in [3.63, 3.8) is 0 Å². The first kappa shape index (κ1) is 30.2. The standard InChI is InChI=1S/C50H35NO/c1-50(45-23-10-8-20-41(45)42-21-9-11-24-46(42)50)38-28-31-43-44-22-13-25-47(49(44)52-48(43)33-38)51(39-29-26-36(27-30-39)34-14-4-2-5-15-34)40-19-12-18-37(32-40)35-16-6-3-7-17-35/h2-33H,1H3. The van der Waals surface area contributed by atoms with E-state index in [0.717, 1.165) is 44.6 Å². The zero-order valence-electron chi connectivity index (χ0n) is 28.8. The summed E-state index contributed by atoms with van der Waals surface area (Å²) in [6, 6.07) is 69.7. The highest BCUT2D eigenvalue weighted by Gasteiger charge is 2.40. The number of rotatable bonds is 6. The maximum absolute atomic E-state index is 6.99. The monoisotopic (exact) mass is 665 g/mol. The molecular formula is C50H35NO. The first-order chi connectivity index (χ1) is 25.7. The van der Waals surface area contributed by atoms with Crippen molar-refractivity contribution in [3.8, 4) is 33.4 Å². The van der Waals surface area contributed by atoms with Gasteiger partial charge < -0.3 is 9.32 Å². The third-order valence-electron chi connectivity index (χ3n) is 11.0. The average molecular weight is 666 g/mol. The lowest BCUT2D eigenvalue weighted by molar-refractivity contribution is 0.662. The van der Waals surface area contributed by atoms with Gasteiger partial charge in [-0.15, -0.1) is 0 Å². The van der Waals surface area contributed by atoms with Crippen molar-refractivity contribution in [2.45, 2.75) is 12.3 Å². The lowest BCUT2D eigenvalue weighted by Gasteiger charge is -2.28. The summed E-state index contributed by atoms with van der Waals surface area (Å²) in [6.45, 7) is 2.35. The summed E-state index contributed by atoms with van der Waals surface area (Å²) >= 11 is 0. The molecule has 0 saturated heterocycles. The molecule has 8 aromatic carbocycles. The van der Waals surface area contributed by atoms with E-state index in [-0.39, 0.29) is 5.41 Å². The molecule has 0 amide bonds. The summed E-state index contributed by atoms with van der Waals surface area (Å²) in [6.07, 6.45) is 0. The molecule has 246 valence electrons. The SMILES string of the molecule is CC1(c2ccc3c(c2)oc2c(N(c4ccc(-c5ccccc5)cc4)c4cccc(-c5ccccc5)c4)cccc23)c2ccccc2-c2ccccc21. The van der Waals surface area contributed by atoms with Crippen LogP contribution < -0.4 is 4.90 Å². The van der Waals surface area contributed by atoms with E-state index in [0.29, 0.717) is 0 Å². The van der Waals surface area contributed by atoms with Gasteiger partial charge in [-0.3, -0.25) is 0 Å². The zero-order chi connectivity index (χ0) is 34.6. The normalized spacial score (nSPS) is 12.9. The second-order valence-electron chi connectivity index (χ2n) is 13.8. The molecule has 0 bridgehead atoms. The number of hydrogen-bond acceptors (Lipinski definition) is 2. The minimum Gasteiger partial charge on any atom is -0.454 e. The minimum absolute atomic E-state index is 0.298. The quantitative estimate of drug-likeness (QED) is 0.176. The summed E-state index contributed by atoms with van der Waals surface area (Å²) in [5.74, 6) is 0. The van der Waals surface area contributed by atoms with Crippen LogP contribution in [0.2, 0.25) is 0 Å². The van der Waals surface area contributed by atoms with Crippen LogP contribution in [0.3, 0.4) is 0 Å². The van der Waals surface area contributed by atoms with Crippen LogP contribution in [0.25, 0.3) is 55.3 Å². The van der Waals surface area contributed by atoms with Crippen molar-refractivity contribution in [2.24, 2.45) is 0 Å². The van der Waals surface area contributed by atoms with Crippen molar-refractivity contribution < 1.29 is 4.42 Å². The summed E-state index contributed by atoms with van der Waals surface area (Å²) < 4.78 is 6.99. The number of fused-ring (bicyclic) bond motifs is 6. The van der Waals surface area contributed by atoms with Crippen LogP contribution in [0, 0.1) is 0 Å². The Kier molecular flexibility index (Phi) is 6.97. The average Bonchev–Trinajstić information content (AvgIpc) is 3.73. The Labute approximate surface area is 303 Å². The smallest absolute Gasteiger partial charge is 0.159 e. The molecule has 9 aromatic rings. The van der Waals surface area contributed by atoms with Crippen LogP contribution in [0.4, 0.5) is 17.1 Å². The number of anilines is 3.